The molecular formula is C24H28N4O5. The second kappa shape index (κ2) is 8.53. The second-order valence-corrected chi connectivity index (χ2v) is 8.88. The summed E-state index contributed by atoms with van der Waals surface area (Å²) in [5.41, 5.74) is 3.58. The molecule has 0 bridgehead atoms. The maximum atomic E-state index is 13.2. The van der Waals surface area contributed by atoms with Crippen LogP contribution in [0.5, 0.6) is 5.75 Å². The van der Waals surface area contributed by atoms with Crippen molar-refractivity contribution >= 4 is 23.5 Å². The zero-order valence-corrected chi connectivity index (χ0v) is 18.9. The summed E-state index contributed by atoms with van der Waals surface area (Å²) >= 11 is 0. The Hall–Kier alpha value is -3.36. The molecule has 9 heteroatoms. The maximum Gasteiger partial charge on any atom is 0.359 e. The first-order chi connectivity index (χ1) is 16.0. The molecule has 3 aliphatic rings. The number of carbonyl (C=O) groups is 3. The van der Waals surface area contributed by atoms with Crippen molar-refractivity contribution in [3.8, 4) is 5.75 Å². The van der Waals surface area contributed by atoms with Crippen molar-refractivity contribution in [1.82, 2.24) is 14.7 Å². The number of benzene rings is 1. The molecule has 1 atom stereocenters. The molecule has 1 saturated carbocycles. The van der Waals surface area contributed by atoms with E-state index in [4.69, 9.17) is 9.47 Å². The van der Waals surface area contributed by atoms with Crippen molar-refractivity contribution in [3.63, 3.8) is 0 Å². The number of hydrogen-bond donors (Lipinski definition) is 1. The van der Waals surface area contributed by atoms with Crippen molar-refractivity contribution in [2.75, 3.05) is 25.6 Å². The molecule has 3 heterocycles. The minimum absolute atomic E-state index is 0.0748. The van der Waals surface area contributed by atoms with Crippen molar-refractivity contribution in [2.24, 2.45) is 5.92 Å². The van der Waals surface area contributed by atoms with E-state index in [2.05, 4.69) is 10.4 Å². The van der Waals surface area contributed by atoms with E-state index in [-0.39, 0.29) is 24.8 Å². The molecular weight excluding hydrogens is 424 g/mol. The summed E-state index contributed by atoms with van der Waals surface area (Å²) in [6.45, 7) is 3.68. The minimum atomic E-state index is -0.540. The molecule has 1 aromatic carbocycles. The molecule has 1 aliphatic carbocycles. The summed E-state index contributed by atoms with van der Waals surface area (Å²) in [5.74, 6) is -0.0249. The minimum Gasteiger partial charge on any atom is -0.497 e. The molecule has 2 aromatic rings. The summed E-state index contributed by atoms with van der Waals surface area (Å²) in [5, 5.41) is 7.42. The number of rotatable bonds is 7. The van der Waals surface area contributed by atoms with Crippen LogP contribution in [0.2, 0.25) is 0 Å². The van der Waals surface area contributed by atoms with E-state index in [1.807, 2.05) is 10.7 Å². The summed E-state index contributed by atoms with van der Waals surface area (Å²) in [4.78, 5) is 40.1. The zero-order valence-electron chi connectivity index (χ0n) is 18.9. The lowest BCUT2D eigenvalue weighted by Gasteiger charge is -2.28. The van der Waals surface area contributed by atoms with Gasteiger partial charge in [-0.2, -0.15) is 5.10 Å². The number of nitrogens with zero attached hydrogens (tertiary/aromatic N) is 3. The number of amides is 2. The summed E-state index contributed by atoms with van der Waals surface area (Å²) < 4.78 is 12.4. The number of anilines is 1. The first-order valence-corrected chi connectivity index (χ1v) is 11.5. The maximum absolute atomic E-state index is 13.2. The molecule has 2 amide bonds. The molecule has 0 spiro atoms. The smallest absolute Gasteiger partial charge is 0.359 e. The normalized spacial score (nSPS) is 19.0. The molecule has 33 heavy (non-hydrogen) atoms. The van der Waals surface area contributed by atoms with Gasteiger partial charge in [-0.05, 0) is 37.3 Å². The molecule has 174 valence electrons. The van der Waals surface area contributed by atoms with Gasteiger partial charge in [-0.3, -0.25) is 14.3 Å². The molecule has 5 rings (SSSR count). The van der Waals surface area contributed by atoms with Gasteiger partial charge in [-0.1, -0.05) is 6.07 Å². The van der Waals surface area contributed by atoms with Gasteiger partial charge >= 0.3 is 5.97 Å². The predicted octanol–water partition coefficient (Wildman–Crippen LogP) is 2.49. The molecule has 0 unspecified atom stereocenters. The lowest BCUT2D eigenvalue weighted by atomic mass is 9.95. The second-order valence-electron chi connectivity index (χ2n) is 8.88. The molecule has 9 nitrogen and oxygen atoms in total. The molecule has 1 N–H and O–H groups in total. The van der Waals surface area contributed by atoms with E-state index >= 15 is 0 Å². The van der Waals surface area contributed by atoms with Crippen molar-refractivity contribution in [3.05, 3.63) is 40.7 Å². The third kappa shape index (κ3) is 4.07. The van der Waals surface area contributed by atoms with Crippen LogP contribution in [0.3, 0.4) is 0 Å². The van der Waals surface area contributed by atoms with E-state index < -0.39 is 11.9 Å². The van der Waals surface area contributed by atoms with Crippen molar-refractivity contribution < 1.29 is 23.9 Å². The number of ether oxygens (including phenoxy) is 2. The Morgan fingerprint density at radius 1 is 1.27 bits per heavy atom. The Bertz CT molecular complexity index is 1120. The number of fused-ring (bicyclic) bond motifs is 2. The number of esters is 1. The van der Waals surface area contributed by atoms with E-state index in [1.54, 1.807) is 31.1 Å². The van der Waals surface area contributed by atoms with E-state index in [0.29, 0.717) is 42.6 Å². The Labute approximate surface area is 192 Å². The highest BCUT2D eigenvalue weighted by atomic mass is 16.5. The zero-order chi connectivity index (χ0) is 23.1. The number of hydrogen-bond acceptors (Lipinski definition) is 6. The van der Waals surface area contributed by atoms with E-state index in [1.165, 1.54) is 12.8 Å². The number of nitrogens with one attached hydrogen (secondary N) is 1. The van der Waals surface area contributed by atoms with Gasteiger partial charge in [0.25, 0.3) is 0 Å². The van der Waals surface area contributed by atoms with E-state index in [0.717, 1.165) is 23.4 Å². The van der Waals surface area contributed by atoms with Crippen molar-refractivity contribution in [1.29, 1.82) is 0 Å². The fraction of sp³-hybridized carbons (Fsp3) is 0.500. The summed E-state index contributed by atoms with van der Waals surface area (Å²) in [6.07, 6.45) is 3.08. The van der Waals surface area contributed by atoms with Gasteiger partial charge < -0.3 is 19.7 Å². The van der Waals surface area contributed by atoms with Crippen LogP contribution < -0.4 is 10.1 Å². The van der Waals surface area contributed by atoms with Crippen LogP contribution in [0.1, 0.15) is 59.4 Å². The Kier molecular flexibility index (Phi) is 5.55. The summed E-state index contributed by atoms with van der Waals surface area (Å²) in [6, 6.07) is 5.40. The molecule has 0 radical (unpaired) electrons. The van der Waals surface area contributed by atoms with Crippen LogP contribution in [-0.4, -0.2) is 52.7 Å². The van der Waals surface area contributed by atoms with Crippen LogP contribution >= 0.6 is 0 Å². The number of methoxy groups -OCH3 is 1. The van der Waals surface area contributed by atoms with Crippen LogP contribution in [-0.2, 0) is 33.8 Å². The van der Waals surface area contributed by atoms with Gasteiger partial charge in [0.1, 0.15) is 5.75 Å². The number of aromatic nitrogens is 2. The molecule has 1 aromatic heterocycles. The van der Waals surface area contributed by atoms with Crippen LogP contribution in [0, 0.1) is 5.92 Å². The van der Waals surface area contributed by atoms with Gasteiger partial charge in [0.15, 0.2) is 5.69 Å². The fourth-order valence-electron chi connectivity index (χ4n) is 4.71. The van der Waals surface area contributed by atoms with Crippen LogP contribution in [0.25, 0.3) is 0 Å². The van der Waals surface area contributed by atoms with Gasteiger partial charge in [-0.25, -0.2) is 4.79 Å². The molecule has 0 saturated heterocycles. The Morgan fingerprint density at radius 2 is 2.09 bits per heavy atom. The van der Waals surface area contributed by atoms with Gasteiger partial charge in [0.2, 0.25) is 11.8 Å². The van der Waals surface area contributed by atoms with E-state index in [9.17, 15) is 14.4 Å². The lowest BCUT2D eigenvalue weighted by Crippen LogP contribution is -2.38. The van der Waals surface area contributed by atoms with Gasteiger partial charge in [-0.15, -0.1) is 0 Å². The van der Waals surface area contributed by atoms with Gasteiger partial charge in [0.05, 0.1) is 19.6 Å². The average Bonchev–Trinajstić information content (AvgIpc) is 3.48. The highest BCUT2D eigenvalue weighted by Crippen LogP contribution is 2.38. The Morgan fingerprint density at radius 3 is 2.82 bits per heavy atom. The SMILES string of the molecule is CCOC(=O)c1nn(CC2CC2)c2c1CN(C(=O)C[C@@H]1C(=O)Nc3cc(OC)ccc31)CC2. The third-order valence-corrected chi connectivity index (χ3v) is 6.67. The fourth-order valence-corrected chi connectivity index (χ4v) is 4.71. The van der Waals surface area contributed by atoms with Crippen molar-refractivity contribution in [2.45, 2.75) is 51.6 Å². The molecule has 2 aliphatic heterocycles. The predicted molar refractivity (Wildman–Crippen MR) is 119 cm³/mol. The van der Waals surface area contributed by atoms with Gasteiger partial charge in [0, 0.05) is 55.5 Å². The monoisotopic (exact) mass is 452 g/mol. The standard InChI is InChI=1S/C24H28N4O5/c1-3-33-24(31)22-18-13-27(9-8-20(18)28(26-22)12-14-4-5-14)21(29)11-17-16-7-6-15(32-2)10-19(16)25-23(17)30/h6-7,10,14,17H,3-5,8-9,11-13H2,1-2H3,(H,25,30)/t17-/m0/s1. The lowest BCUT2D eigenvalue weighted by molar-refractivity contribution is -0.134. The largest absolute Gasteiger partial charge is 0.497 e. The quantitative estimate of drug-likeness (QED) is 0.648. The Balaban J connectivity index is 1.35. The summed E-state index contributed by atoms with van der Waals surface area (Å²) in [7, 11) is 1.57. The van der Waals surface area contributed by atoms with Crippen LogP contribution in [0.4, 0.5) is 5.69 Å². The molecule has 1 fully saturated rings. The highest BCUT2D eigenvalue weighted by molar-refractivity contribution is 6.05. The first kappa shape index (κ1) is 21.5. The topological polar surface area (TPSA) is 103 Å². The number of carbonyl (C=O) groups excluding carboxylic acids is 3. The highest BCUT2D eigenvalue weighted by Gasteiger charge is 2.36. The van der Waals surface area contributed by atoms with Crippen LogP contribution in [0.15, 0.2) is 18.2 Å². The average molecular weight is 453 g/mol. The third-order valence-electron chi connectivity index (χ3n) is 6.67. The first-order valence-electron chi connectivity index (χ1n) is 11.5.